The molecule has 35 heavy (non-hydrogen) atoms. The summed E-state index contributed by atoms with van der Waals surface area (Å²) in [5, 5.41) is 0. The van der Waals surface area contributed by atoms with Crippen LogP contribution in [0.2, 0.25) is 0 Å². The third-order valence-corrected chi connectivity index (χ3v) is 7.12. The highest BCUT2D eigenvalue weighted by molar-refractivity contribution is 6.15. The summed E-state index contributed by atoms with van der Waals surface area (Å²) in [4.78, 5) is 22.7. The van der Waals surface area contributed by atoms with Gasteiger partial charge in [-0.15, -0.1) is 0 Å². The highest BCUT2D eigenvalue weighted by Gasteiger charge is 2.36. The Labute approximate surface area is 209 Å². The molecule has 1 amide bonds. The molecule has 0 N–H and O–H groups in total. The van der Waals surface area contributed by atoms with Crippen molar-refractivity contribution >= 4 is 11.6 Å². The summed E-state index contributed by atoms with van der Waals surface area (Å²) >= 11 is 0. The average molecular weight is 478 g/mol. The van der Waals surface area contributed by atoms with Gasteiger partial charge in [-0.1, -0.05) is 12.1 Å². The first-order valence-corrected chi connectivity index (χ1v) is 12.8. The fraction of sp³-hybridized carbons (Fsp3) is 0.517. The predicted molar refractivity (Wildman–Crippen MR) is 141 cm³/mol. The number of benzene rings is 2. The Morgan fingerprint density at radius 2 is 1.80 bits per heavy atom. The van der Waals surface area contributed by atoms with E-state index in [0.29, 0.717) is 18.1 Å². The molecule has 1 fully saturated rings. The van der Waals surface area contributed by atoms with Crippen LogP contribution in [0.25, 0.3) is 0 Å². The zero-order valence-corrected chi connectivity index (χ0v) is 22.2. The maximum absolute atomic E-state index is 13.2. The average Bonchev–Trinajstić information content (AvgIpc) is 2.83. The van der Waals surface area contributed by atoms with Gasteiger partial charge in [0.2, 0.25) is 0 Å². The second kappa shape index (κ2) is 10.4. The van der Waals surface area contributed by atoms with Gasteiger partial charge in [0.15, 0.2) is 11.5 Å². The molecular weight excluding hydrogens is 438 g/mol. The number of carbonyl (C=O) groups is 1. The Morgan fingerprint density at radius 1 is 1.11 bits per heavy atom. The van der Waals surface area contributed by atoms with Crippen molar-refractivity contribution in [2.75, 3.05) is 33.9 Å². The first-order chi connectivity index (χ1) is 16.7. The molecule has 0 aliphatic carbocycles. The molecule has 1 saturated heterocycles. The van der Waals surface area contributed by atoms with Crippen LogP contribution in [0.4, 0.5) is 0 Å². The van der Waals surface area contributed by atoms with Crippen molar-refractivity contribution in [3.05, 3.63) is 58.7 Å². The van der Waals surface area contributed by atoms with Crippen LogP contribution < -0.4 is 9.47 Å². The van der Waals surface area contributed by atoms with Gasteiger partial charge in [0.1, 0.15) is 0 Å². The maximum Gasteiger partial charge on any atom is 0.254 e. The number of fused-ring (bicyclic) bond motifs is 3. The van der Waals surface area contributed by atoms with Crippen LogP contribution in [-0.4, -0.2) is 73.4 Å². The molecule has 2 aliphatic rings. The predicted octanol–water partition coefficient (Wildman–Crippen LogP) is 4.99. The van der Waals surface area contributed by atoms with E-state index in [1.54, 1.807) is 7.11 Å². The number of hydrogen-bond acceptors (Lipinski definition) is 5. The van der Waals surface area contributed by atoms with Crippen molar-refractivity contribution in [3.8, 4) is 11.5 Å². The van der Waals surface area contributed by atoms with Crippen LogP contribution in [0, 0.1) is 0 Å². The number of hydrogen-bond donors (Lipinski definition) is 0. The molecule has 0 spiro atoms. The molecule has 2 aliphatic heterocycles. The number of ether oxygens (including phenoxy) is 2. The Morgan fingerprint density at radius 3 is 2.40 bits per heavy atom. The number of carbonyl (C=O) groups excluding carboxylic acids is 1. The summed E-state index contributed by atoms with van der Waals surface area (Å²) in [5.41, 5.74) is 5.05. The molecule has 0 aromatic heterocycles. The number of likely N-dealkylation sites (tertiary alicyclic amines) is 1. The van der Waals surface area contributed by atoms with Crippen LogP contribution >= 0.6 is 0 Å². The van der Waals surface area contributed by atoms with Crippen molar-refractivity contribution in [2.45, 2.75) is 65.1 Å². The molecule has 2 atom stereocenters. The molecule has 6 heteroatoms. The SMILES string of the molecule is CCOc1cc2c(cc1OC)C(c1ccc(C(=O)N(C(C)C)C(C)C)cc1)=N[C@@H]1CCN(C)CC21. The molecule has 0 saturated carbocycles. The fourth-order valence-corrected chi connectivity index (χ4v) is 5.53. The summed E-state index contributed by atoms with van der Waals surface area (Å²) in [6.45, 7) is 12.8. The number of nitrogens with zero attached hydrogens (tertiary/aromatic N) is 3. The van der Waals surface area contributed by atoms with Crippen molar-refractivity contribution in [1.82, 2.24) is 9.80 Å². The number of amides is 1. The van der Waals surface area contributed by atoms with Crippen molar-refractivity contribution < 1.29 is 14.3 Å². The normalized spacial score (nSPS) is 19.7. The lowest BCUT2D eigenvalue weighted by Gasteiger charge is -2.39. The molecule has 188 valence electrons. The minimum atomic E-state index is 0.0611. The van der Waals surface area contributed by atoms with Gasteiger partial charge in [0.05, 0.1) is 25.5 Å². The van der Waals surface area contributed by atoms with Gasteiger partial charge in [0, 0.05) is 41.2 Å². The van der Waals surface area contributed by atoms with E-state index in [4.69, 9.17) is 14.5 Å². The smallest absolute Gasteiger partial charge is 0.254 e. The maximum atomic E-state index is 13.2. The number of piperidine rings is 1. The molecule has 1 unspecified atom stereocenters. The zero-order chi connectivity index (χ0) is 25.3. The number of rotatable bonds is 7. The van der Waals surface area contributed by atoms with E-state index < -0.39 is 0 Å². The summed E-state index contributed by atoms with van der Waals surface area (Å²) in [6.07, 6.45) is 1.02. The third-order valence-electron chi connectivity index (χ3n) is 7.12. The lowest BCUT2D eigenvalue weighted by atomic mass is 9.79. The van der Waals surface area contributed by atoms with Gasteiger partial charge in [0.25, 0.3) is 5.91 Å². The molecular formula is C29H39N3O3. The summed E-state index contributed by atoms with van der Waals surface area (Å²) in [7, 11) is 3.85. The van der Waals surface area contributed by atoms with Crippen molar-refractivity contribution in [2.24, 2.45) is 4.99 Å². The Bertz CT molecular complexity index is 1080. The monoisotopic (exact) mass is 477 g/mol. The van der Waals surface area contributed by atoms with Crippen molar-refractivity contribution in [1.29, 1.82) is 0 Å². The molecule has 4 rings (SSSR count). The Balaban J connectivity index is 1.75. The standard InChI is InChI=1S/C29H39N3O3/c1-8-35-27-15-22-23(16-26(27)34-7)28(30-25-13-14-31(6)17-24(22)25)20-9-11-21(12-10-20)29(33)32(18(2)3)19(4)5/h9-12,15-16,18-19,24-25H,8,13-14,17H2,1-7H3/t24?,25-/m1/s1. The Kier molecular flexibility index (Phi) is 7.50. The van der Waals surface area contributed by atoms with E-state index in [1.807, 2.05) is 36.1 Å². The molecule has 6 nitrogen and oxygen atoms in total. The van der Waals surface area contributed by atoms with Gasteiger partial charge in [-0.3, -0.25) is 9.79 Å². The van der Waals surface area contributed by atoms with Gasteiger partial charge in [-0.05, 0) is 84.5 Å². The summed E-state index contributed by atoms with van der Waals surface area (Å²) in [5.74, 6) is 1.89. The van der Waals surface area contributed by atoms with Gasteiger partial charge >= 0.3 is 0 Å². The van der Waals surface area contributed by atoms with Crippen LogP contribution in [0.3, 0.4) is 0 Å². The molecule has 2 heterocycles. The van der Waals surface area contributed by atoms with Gasteiger partial charge in [-0.25, -0.2) is 0 Å². The third kappa shape index (κ3) is 4.94. The summed E-state index contributed by atoms with van der Waals surface area (Å²) < 4.78 is 11.6. The molecule has 0 bridgehead atoms. The van der Waals surface area contributed by atoms with E-state index in [1.165, 1.54) is 5.56 Å². The van der Waals surface area contributed by atoms with E-state index in [0.717, 1.165) is 47.8 Å². The number of aliphatic imine (C=N–C) groups is 1. The Hall–Kier alpha value is -2.86. The minimum absolute atomic E-state index is 0.0611. The highest BCUT2D eigenvalue weighted by Crippen LogP contribution is 2.42. The van der Waals surface area contributed by atoms with E-state index in [-0.39, 0.29) is 24.0 Å². The second-order valence-corrected chi connectivity index (χ2v) is 10.2. The number of likely N-dealkylation sites (N-methyl/N-ethyl adjacent to an activating group) is 1. The van der Waals surface area contributed by atoms with E-state index in [9.17, 15) is 4.79 Å². The highest BCUT2D eigenvalue weighted by atomic mass is 16.5. The lowest BCUT2D eigenvalue weighted by Crippen LogP contribution is -2.42. The fourth-order valence-electron chi connectivity index (χ4n) is 5.53. The minimum Gasteiger partial charge on any atom is -0.493 e. The van der Waals surface area contributed by atoms with Gasteiger partial charge in [-0.2, -0.15) is 0 Å². The van der Waals surface area contributed by atoms with Crippen LogP contribution in [0.15, 0.2) is 41.4 Å². The van der Waals surface area contributed by atoms with E-state index >= 15 is 0 Å². The first kappa shape index (κ1) is 25.2. The largest absolute Gasteiger partial charge is 0.493 e. The number of methoxy groups -OCH3 is 1. The van der Waals surface area contributed by atoms with Crippen LogP contribution in [0.5, 0.6) is 11.5 Å². The second-order valence-electron chi connectivity index (χ2n) is 10.2. The zero-order valence-electron chi connectivity index (χ0n) is 22.2. The lowest BCUT2D eigenvalue weighted by molar-refractivity contribution is 0.0643. The van der Waals surface area contributed by atoms with E-state index in [2.05, 4.69) is 51.8 Å². The van der Waals surface area contributed by atoms with Crippen LogP contribution in [0.1, 0.15) is 74.0 Å². The van der Waals surface area contributed by atoms with Crippen LogP contribution in [-0.2, 0) is 0 Å². The molecule has 2 aromatic carbocycles. The molecule has 0 radical (unpaired) electrons. The van der Waals surface area contributed by atoms with Gasteiger partial charge < -0.3 is 19.3 Å². The molecule has 2 aromatic rings. The topological polar surface area (TPSA) is 54.4 Å². The first-order valence-electron chi connectivity index (χ1n) is 12.8. The quantitative estimate of drug-likeness (QED) is 0.564. The van der Waals surface area contributed by atoms with Crippen molar-refractivity contribution in [3.63, 3.8) is 0 Å². The summed E-state index contributed by atoms with van der Waals surface area (Å²) in [6, 6.07) is 12.7.